The molecule has 0 saturated heterocycles. The molecule has 0 aliphatic carbocycles. The van der Waals surface area contributed by atoms with Crippen LogP contribution >= 0.6 is 15.9 Å². The zero-order chi connectivity index (χ0) is 15.1. The average Bonchev–Trinajstić information content (AvgIpc) is 2.42. The third-order valence-corrected chi connectivity index (χ3v) is 4.02. The van der Waals surface area contributed by atoms with Gasteiger partial charge in [-0.2, -0.15) is 0 Å². The molecule has 0 saturated carbocycles. The standard InChI is InChI=1S/C14H21BrN2O3/c1-3-20-12(18)7-5-4-6-8-17-9-11(16)10(2)13(15)14(17)19/h9H,3-8,16H2,1-2H3. The number of esters is 1. The maximum absolute atomic E-state index is 12.0. The molecule has 1 aromatic rings. The summed E-state index contributed by atoms with van der Waals surface area (Å²) < 4.78 is 6.98. The van der Waals surface area contributed by atoms with Gasteiger partial charge >= 0.3 is 5.97 Å². The van der Waals surface area contributed by atoms with Crippen molar-refractivity contribution in [2.45, 2.75) is 46.1 Å². The molecular formula is C14H21BrN2O3. The Morgan fingerprint density at radius 1 is 1.40 bits per heavy atom. The molecule has 0 fully saturated rings. The first-order valence-corrected chi connectivity index (χ1v) is 7.57. The van der Waals surface area contributed by atoms with Crippen molar-refractivity contribution in [3.8, 4) is 0 Å². The topological polar surface area (TPSA) is 74.3 Å². The Kier molecular flexibility index (Phi) is 6.78. The van der Waals surface area contributed by atoms with Crippen LogP contribution in [0.5, 0.6) is 0 Å². The Bertz CT molecular complexity index is 526. The first-order valence-electron chi connectivity index (χ1n) is 6.78. The van der Waals surface area contributed by atoms with Crippen molar-refractivity contribution in [1.29, 1.82) is 0 Å². The minimum Gasteiger partial charge on any atom is -0.466 e. The van der Waals surface area contributed by atoms with Crippen LogP contribution in [-0.2, 0) is 16.1 Å². The maximum atomic E-state index is 12.0. The van der Waals surface area contributed by atoms with Crippen LogP contribution in [0.1, 0.15) is 38.2 Å². The molecule has 0 aromatic carbocycles. The highest BCUT2D eigenvalue weighted by Crippen LogP contribution is 2.17. The van der Waals surface area contributed by atoms with Crippen LogP contribution in [-0.4, -0.2) is 17.1 Å². The fourth-order valence-electron chi connectivity index (χ4n) is 1.86. The van der Waals surface area contributed by atoms with Crippen LogP contribution in [0.4, 0.5) is 5.69 Å². The van der Waals surface area contributed by atoms with Crippen molar-refractivity contribution >= 4 is 27.6 Å². The molecule has 0 unspecified atom stereocenters. The van der Waals surface area contributed by atoms with Gasteiger partial charge in [-0.3, -0.25) is 9.59 Å². The summed E-state index contributed by atoms with van der Waals surface area (Å²) in [7, 11) is 0. The highest BCUT2D eigenvalue weighted by Gasteiger charge is 2.08. The average molecular weight is 345 g/mol. The molecular weight excluding hydrogens is 324 g/mol. The van der Waals surface area contributed by atoms with Gasteiger partial charge in [-0.25, -0.2) is 0 Å². The molecule has 0 radical (unpaired) electrons. The van der Waals surface area contributed by atoms with Crippen molar-refractivity contribution in [3.63, 3.8) is 0 Å². The van der Waals surface area contributed by atoms with Crippen molar-refractivity contribution in [2.24, 2.45) is 0 Å². The third kappa shape index (κ3) is 4.67. The summed E-state index contributed by atoms with van der Waals surface area (Å²) in [6.45, 7) is 4.63. The van der Waals surface area contributed by atoms with Crippen molar-refractivity contribution < 1.29 is 9.53 Å². The summed E-state index contributed by atoms with van der Waals surface area (Å²) >= 11 is 3.27. The van der Waals surface area contributed by atoms with Crippen LogP contribution in [0.3, 0.4) is 0 Å². The number of carbonyl (C=O) groups is 1. The van der Waals surface area contributed by atoms with Gasteiger partial charge in [0, 0.05) is 19.2 Å². The lowest BCUT2D eigenvalue weighted by Crippen LogP contribution is -2.22. The van der Waals surface area contributed by atoms with Crippen molar-refractivity contribution in [3.05, 3.63) is 26.6 Å². The normalized spacial score (nSPS) is 10.6. The van der Waals surface area contributed by atoms with E-state index in [9.17, 15) is 9.59 Å². The van der Waals surface area contributed by atoms with E-state index in [2.05, 4.69) is 15.9 Å². The predicted molar refractivity (Wildman–Crippen MR) is 82.7 cm³/mol. The highest BCUT2D eigenvalue weighted by molar-refractivity contribution is 9.10. The van der Waals surface area contributed by atoms with E-state index < -0.39 is 0 Å². The van der Waals surface area contributed by atoms with E-state index in [4.69, 9.17) is 10.5 Å². The van der Waals surface area contributed by atoms with Crippen molar-refractivity contribution in [1.82, 2.24) is 4.57 Å². The number of nitrogens with zero attached hydrogens (tertiary/aromatic N) is 1. The Balaban J connectivity index is 2.44. The van der Waals surface area contributed by atoms with E-state index in [1.165, 1.54) is 0 Å². The van der Waals surface area contributed by atoms with Crippen LogP contribution in [0.25, 0.3) is 0 Å². The molecule has 6 heteroatoms. The molecule has 0 bridgehead atoms. The number of rotatable bonds is 7. The summed E-state index contributed by atoms with van der Waals surface area (Å²) in [6.07, 6.45) is 4.58. The number of anilines is 1. The van der Waals surface area contributed by atoms with Gasteiger partial charge in [-0.15, -0.1) is 0 Å². The van der Waals surface area contributed by atoms with E-state index in [0.29, 0.717) is 29.7 Å². The van der Waals surface area contributed by atoms with Crippen LogP contribution in [0, 0.1) is 6.92 Å². The molecule has 0 amide bonds. The summed E-state index contributed by atoms with van der Waals surface area (Å²) in [5.41, 5.74) is 7.15. The number of hydrogen-bond donors (Lipinski definition) is 1. The first kappa shape index (κ1) is 16.8. The molecule has 0 atom stereocenters. The van der Waals surface area contributed by atoms with E-state index in [1.807, 2.05) is 6.92 Å². The summed E-state index contributed by atoms with van der Waals surface area (Å²) in [6, 6.07) is 0. The lowest BCUT2D eigenvalue weighted by Gasteiger charge is -2.10. The molecule has 0 aliphatic heterocycles. The van der Waals surface area contributed by atoms with Gasteiger partial charge in [0.05, 0.1) is 16.8 Å². The second-order valence-electron chi connectivity index (χ2n) is 4.64. The summed E-state index contributed by atoms with van der Waals surface area (Å²) in [5.74, 6) is -0.160. The van der Waals surface area contributed by atoms with E-state index in [-0.39, 0.29) is 11.5 Å². The van der Waals surface area contributed by atoms with Gasteiger partial charge in [0.1, 0.15) is 0 Å². The minimum atomic E-state index is -0.160. The molecule has 1 aromatic heterocycles. The molecule has 0 spiro atoms. The smallest absolute Gasteiger partial charge is 0.305 e. The summed E-state index contributed by atoms with van der Waals surface area (Å²) in [4.78, 5) is 23.1. The second kappa shape index (κ2) is 8.09. The SMILES string of the molecule is CCOC(=O)CCCCCn1cc(N)c(C)c(Br)c1=O. The molecule has 1 rings (SSSR count). The zero-order valence-corrected chi connectivity index (χ0v) is 13.5. The number of nitrogen functional groups attached to an aromatic ring is 1. The van der Waals surface area contributed by atoms with Crippen LogP contribution in [0.2, 0.25) is 0 Å². The number of hydrogen-bond acceptors (Lipinski definition) is 4. The van der Waals surface area contributed by atoms with E-state index in [0.717, 1.165) is 24.8 Å². The summed E-state index contributed by atoms with van der Waals surface area (Å²) in [5, 5.41) is 0. The fourth-order valence-corrected chi connectivity index (χ4v) is 2.32. The predicted octanol–water partition coefficient (Wildman–Crippen LogP) is 2.62. The van der Waals surface area contributed by atoms with Gasteiger partial charge in [-0.1, -0.05) is 6.42 Å². The van der Waals surface area contributed by atoms with Crippen LogP contribution < -0.4 is 11.3 Å². The molecule has 20 heavy (non-hydrogen) atoms. The van der Waals surface area contributed by atoms with Gasteiger partial charge in [0.15, 0.2) is 0 Å². The largest absolute Gasteiger partial charge is 0.466 e. The number of aryl methyl sites for hydroxylation is 1. The van der Waals surface area contributed by atoms with Gasteiger partial charge in [0.2, 0.25) is 0 Å². The van der Waals surface area contributed by atoms with Crippen molar-refractivity contribution in [2.75, 3.05) is 12.3 Å². The number of halogens is 1. The fraction of sp³-hybridized carbons (Fsp3) is 0.571. The molecule has 2 N–H and O–H groups in total. The molecule has 1 heterocycles. The maximum Gasteiger partial charge on any atom is 0.305 e. The lowest BCUT2D eigenvalue weighted by atomic mass is 10.2. The lowest BCUT2D eigenvalue weighted by molar-refractivity contribution is -0.143. The number of pyridine rings is 1. The Morgan fingerprint density at radius 2 is 2.10 bits per heavy atom. The van der Waals surface area contributed by atoms with Gasteiger partial charge in [0.25, 0.3) is 5.56 Å². The Labute approximate surface area is 127 Å². The monoisotopic (exact) mass is 344 g/mol. The van der Waals surface area contributed by atoms with Gasteiger partial charge in [-0.05, 0) is 48.2 Å². The number of ether oxygens (including phenoxy) is 1. The first-order chi connectivity index (χ1) is 9.47. The quantitative estimate of drug-likeness (QED) is 0.609. The van der Waals surface area contributed by atoms with Crippen LogP contribution in [0.15, 0.2) is 15.5 Å². The zero-order valence-electron chi connectivity index (χ0n) is 11.9. The number of unbranched alkanes of at least 4 members (excludes halogenated alkanes) is 2. The molecule has 5 nitrogen and oxygen atoms in total. The Morgan fingerprint density at radius 3 is 2.75 bits per heavy atom. The minimum absolute atomic E-state index is 0.0675. The molecule has 112 valence electrons. The number of carbonyl (C=O) groups excluding carboxylic acids is 1. The molecule has 0 aliphatic rings. The third-order valence-electron chi connectivity index (χ3n) is 3.09. The van der Waals surface area contributed by atoms with E-state index in [1.54, 1.807) is 17.7 Å². The number of aromatic nitrogens is 1. The highest BCUT2D eigenvalue weighted by atomic mass is 79.9. The van der Waals surface area contributed by atoms with Gasteiger partial charge < -0.3 is 15.0 Å². The second-order valence-corrected chi connectivity index (χ2v) is 5.43. The number of nitrogens with two attached hydrogens (primary N) is 1. The van der Waals surface area contributed by atoms with E-state index >= 15 is 0 Å². The Hall–Kier alpha value is -1.30.